The fourth-order valence-electron chi connectivity index (χ4n) is 2.01. The Hall–Kier alpha value is -1.57. The predicted molar refractivity (Wildman–Crippen MR) is 66.9 cm³/mol. The molecule has 0 saturated heterocycles. The third-order valence-electron chi connectivity index (χ3n) is 3.08. The Balaban J connectivity index is 2.50. The van der Waals surface area contributed by atoms with Crippen LogP contribution in [-0.2, 0) is 7.05 Å². The van der Waals surface area contributed by atoms with Gasteiger partial charge in [0, 0.05) is 30.2 Å². The van der Waals surface area contributed by atoms with Crippen LogP contribution in [0.15, 0.2) is 24.3 Å². The fourth-order valence-corrected chi connectivity index (χ4v) is 2.01. The highest BCUT2D eigenvalue weighted by molar-refractivity contribution is 5.99. The Morgan fingerprint density at radius 1 is 1.31 bits per heavy atom. The molecule has 0 N–H and O–H groups in total. The van der Waals surface area contributed by atoms with Crippen molar-refractivity contribution in [3.05, 3.63) is 35.5 Å². The van der Waals surface area contributed by atoms with Crippen molar-refractivity contribution in [2.75, 3.05) is 0 Å². The summed E-state index contributed by atoms with van der Waals surface area (Å²) in [5.74, 6) is 0.239. The zero-order valence-electron chi connectivity index (χ0n) is 10.1. The molecule has 0 aliphatic carbocycles. The number of hydrogen-bond acceptors (Lipinski definition) is 1. The molecular formula is C14H17NO. The van der Waals surface area contributed by atoms with E-state index in [4.69, 9.17) is 0 Å². The maximum Gasteiger partial charge on any atom is 0.162 e. The lowest BCUT2D eigenvalue weighted by Crippen LogP contribution is -1.98. The number of hydrogen-bond donors (Lipinski definition) is 0. The lowest BCUT2D eigenvalue weighted by Gasteiger charge is -2.02. The van der Waals surface area contributed by atoms with Crippen LogP contribution in [0.2, 0.25) is 0 Å². The van der Waals surface area contributed by atoms with E-state index < -0.39 is 0 Å². The summed E-state index contributed by atoms with van der Waals surface area (Å²) in [6, 6.07) is 8.11. The summed E-state index contributed by atoms with van der Waals surface area (Å²) < 4.78 is 2.12. The van der Waals surface area contributed by atoms with E-state index in [-0.39, 0.29) is 5.78 Å². The zero-order valence-corrected chi connectivity index (χ0v) is 10.1. The van der Waals surface area contributed by atoms with Crippen molar-refractivity contribution >= 4 is 16.7 Å². The average Bonchev–Trinajstić information content (AvgIpc) is 2.55. The Morgan fingerprint density at radius 2 is 2.06 bits per heavy atom. The standard InChI is InChI=1S/C14H17NO/c1-4-5-14(16)12-7-6-11-8-10(2)15(3)13(11)9-12/h6-9H,4-5H2,1-3H3. The van der Waals surface area contributed by atoms with Crippen LogP contribution >= 0.6 is 0 Å². The number of fused-ring (bicyclic) bond motifs is 1. The van der Waals surface area contributed by atoms with Crippen LogP contribution in [0.1, 0.15) is 35.8 Å². The van der Waals surface area contributed by atoms with E-state index in [1.165, 1.54) is 11.1 Å². The smallest absolute Gasteiger partial charge is 0.162 e. The summed E-state index contributed by atoms with van der Waals surface area (Å²) in [6.45, 7) is 4.11. The van der Waals surface area contributed by atoms with Crippen LogP contribution in [0.25, 0.3) is 10.9 Å². The van der Waals surface area contributed by atoms with Crippen molar-refractivity contribution in [2.45, 2.75) is 26.7 Å². The summed E-state index contributed by atoms with van der Waals surface area (Å²) in [6.07, 6.45) is 1.54. The topological polar surface area (TPSA) is 22.0 Å². The lowest BCUT2D eigenvalue weighted by atomic mass is 10.1. The van der Waals surface area contributed by atoms with Crippen molar-refractivity contribution in [3.63, 3.8) is 0 Å². The number of nitrogens with zero attached hydrogens (tertiary/aromatic N) is 1. The van der Waals surface area contributed by atoms with Crippen molar-refractivity contribution in [1.29, 1.82) is 0 Å². The van der Waals surface area contributed by atoms with Gasteiger partial charge in [0.2, 0.25) is 0 Å². The monoisotopic (exact) mass is 215 g/mol. The highest BCUT2D eigenvalue weighted by atomic mass is 16.1. The van der Waals surface area contributed by atoms with Gasteiger partial charge in [0.25, 0.3) is 0 Å². The molecule has 0 amide bonds. The predicted octanol–water partition coefficient (Wildman–Crippen LogP) is 3.47. The molecule has 0 saturated carbocycles. The molecule has 0 unspecified atom stereocenters. The number of rotatable bonds is 3. The quantitative estimate of drug-likeness (QED) is 0.718. The van der Waals surface area contributed by atoms with Crippen LogP contribution in [0.3, 0.4) is 0 Å². The van der Waals surface area contributed by atoms with Crippen LogP contribution in [0.5, 0.6) is 0 Å². The number of benzene rings is 1. The normalized spacial score (nSPS) is 10.9. The Morgan fingerprint density at radius 3 is 2.75 bits per heavy atom. The largest absolute Gasteiger partial charge is 0.348 e. The summed E-state index contributed by atoms with van der Waals surface area (Å²) >= 11 is 0. The van der Waals surface area contributed by atoms with Gasteiger partial charge in [-0.1, -0.05) is 19.1 Å². The second kappa shape index (κ2) is 4.12. The van der Waals surface area contributed by atoms with Crippen LogP contribution in [0, 0.1) is 6.92 Å². The minimum atomic E-state index is 0.239. The maximum absolute atomic E-state index is 11.8. The average molecular weight is 215 g/mol. The summed E-state index contributed by atoms with van der Waals surface area (Å²) in [5, 5.41) is 1.20. The first-order valence-electron chi connectivity index (χ1n) is 5.72. The Bertz CT molecular complexity index is 537. The Labute approximate surface area is 95.9 Å². The highest BCUT2D eigenvalue weighted by Crippen LogP contribution is 2.20. The first kappa shape index (κ1) is 10.9. The van der Waals surface area contributed by atoms with Crippen molar-refractivity contribution in [3.8, 4) is 0 Å². The molecule has 0 bridgehead atoms. The fraction of sp³-hybridized carbons (Fsp3) is 0.357. The number of carbonyl (C=O) groups is 1. The molecule has 2 nitrogen and oxygen atoms in total. The molecule has 2 aromatic rings. The van der Waals surface area contributed by atoms with Crippen molar-refractivity contribution in [1.82, 2.24) is 4.57 Å². The molecule has 1 aromatic heterocycles. The molecule has 0 aliphatic heterocycles. The van der Waals surface area contributed by atoms with Gasteiger partial charge in [-0.15, -0.1) is 0 Å². The lowest BCUT2D eigenvalue weighted by molar-refractivity contribution is 0.0982. The molecule has 1 heterocycles. The number of aryl methyl sites for hydroxylation is 2. The van der Waals surface area contributed by atoms with Gasteiger partial charge in [-0.25, -0.2) is 0 Å². The zero-order chi connectivity index (χ0) is 11.7. The summed E-state index contributed by atoms with van der Waals surface area (Å²) in [4.78, 5) is 11.8. The second-order valence-electron chi connectivity index (χ2n) is 4.29. The molecule has 2 heteroatoms. The molecule has 1 aromatic carbocycles. The molecule has 0 atom stereocenters. The van der Waals surface area contributed by atoms with Gasteiger partial charge in [-0.3, -0.25) is 4.79 Å². The van der Waals surface area contributed by atoms with Gasteiger partial charge >= 0.3 is 0 Å². The van der Waals surface area contributed by atoms with Gasteiger partial charge < -0.3 is 4.57 Å². The van der Waals surface area contributed by atoms with E-state index in [1.54, 1.807) is 0 Å². The number of ketones is 1. The molecular weight excluding hydrogens is 198 g/mol. The highest BCUT2D eigenvalue weighted by Gasteiger charge is 2.08. The Kier molecular flexibility index (Phi) is 2.82. The van der Waals surface area contributed by atoms with Gasteiger partial charge in [0.1, 0.15) is 0 Å². The van der Waals surface area contributed by atoms with Gasteiger partial charge in [0.05, 0.1) is 0 Å². The van der Waals surface area contributed by atoms with E-state index in [2.05, 4.69) is 17.6 Å². The third kappa shape index (κ3) is 1.75. The van der Waals surface area contributed by atoms with Gasteiger partial charge in [0.15, 0.2) is 5.78 Å². The van der Waals surface area contributed by atoms with E-state index in [0.29, 0.717) is 6.42 Å². The molecule has 84 valence electrons. The minimum absolute atomic E-state index is 0.239. The number of aromatic nitrogens is 1. The first-order chi connectivity index (χ1) is 7.63. The third-order valence-corrected chi connectivity index (χ3v) is 3.08. The van der Waals surface area contributed by atoms with E-state index in [0.717, 1.165) is 17.5 Å². The summed E-state index contributed by atoms with van der Waals surface area (Å²) in [5.41, 5.74) is 3.19. The molecule has 0 fully saturated rings. The molecule has 0 spiro atoms. The molecule has 16 heavy (non-hydrogen) atoms. The van der Waals surface area contributed by atoms with Gasteiger partial charge in [-0.2, -0.15) is 0 Å². The maximum atomic E-state index is 11.8. The van der Waals surface area contributed by atoms with E-state index >= 15 is 0 Å². The van der Waals surface area contributed by atoms with E-state index in [1.807, 2.05) is 32.2 Å². The number of carbonyl (C=O) groups excluding carboxylic acids is 1. The minimum Gasteiger partial charge on any atom is -0.348 e. The van der Waals surface area contributed by atoms with Crippen LogP contribution in [-0.4, -0.2) is 10.4 Å². The summed E-state index contributed by atoms with van der Waals surface area (Å²) in [7, 11) is 2.03. The second-order valence-corrected chi connectivity index (χ2v) is 4.29. The first-order valence-corrected chi connectivity index (χ1v) is 5.72. The number of Topliss-reactive ketones (excluding diaryl/α,β-unsaturated/α-hetero) is 1. The van der Waals surface area contributed by atoms with E-state index in [9.17, 15) is 4.79 Å². The van der Waals surface area contributed by atoms with Crippen LogP contribution < -0.4 is 0 Å². The SMILES string of the molecule is CCCC(=O)c1ccc2cc(C)n(C)c2c1. The molecule has 0 radical (unpaired) electrons. The van der Waals surface area contributed by atoms with Gasteiger partial charge in [-0.05, 0) is 30.9 Å². The van der Waals surface area contributed by atoms with Crippen molar-refractivity contribution < 1.29 is 4.79 Å². The van der Waals surface area contributed by atoms with Crippen LogP contribution in [0.4, 0.5) is 0 Å². The molecule has 2 rings (SSSR count). The molecule has 0 aliphatic rings. The van der Waals surface area contributed by atoms with Crippen molar-refractivity contribution in [2.24, 2.45) is 7.05 Å².